The van der Waals surface area contributed by atoms with E-state index in [1.807, 2.05) is 0 Å². The average Bonchev–Trinajstić information content (AvgIpc) is 2.80. The highest BCUT2D eigenvalue weighted by Gasteiger charge is 2.50. The van der Waals surface area contributed by atoms with E-state index in [1.165, 1.54) is 48.5 Å². The van der Waals surface area contributed by atoms with Crippen molar-refractivity contribution >= 4 is 21.9 Å². The number of hydrogen-bond donors (Lipinski definition) is 4. The van der Waals surface area contributed by atoms with Crippen molar-refractivity contribution in [2.75, 3.05) is 19.6 Å². The summed E-state index contributed by atoms with van der Waals surface area (Å²) in [5.74, 6) is -1.93. The Hall–Kier alpha value is -3.06. The van der Waals surface area contributed by atoms with E-state index in [0.29, 0.717) is 24.6 Å². The van der Waals surface area contributed by atoms with Crippen LogP contribution in [-0.4, -0.2) is 60.1 Å². The smallest absolute Gasteiger partial charge is 0.304 e. The lowest BCUT2D eigenvalue weighted by Gasteiger charge is -2.43. The second kappa shape index (κ2) is 10.3. The number of benzene rings is 2. The third-order valence-electron chi connectivity index (χ3n) is 5.42. The second-order valence-corrected chi connectivity index (χ2v) is 9.33. The molecule has 2 aromatic rings. The maximum absolute atomic E-state index is 13.5. The van der Waals surface area contributed by atoms with Gasteiger partial charge in [-0.05, 0) is 74.5 Å². The largest absolute Gasteiger partial charge is 0.481 e. The van der Waals surface area contributed by atoms with Gasteiger partial charge in [0.05, 0.1) is 11.3 Å². The lowest BCUT2D eigenvalue weighted by molar-refractivity contribution is -0.143. The Labute approximate surface area is 190 Å². The molecule has 1 heterocycles. The molecule has 1 aliphatic heterocycles. The Bertz CT molecular complexity index is 1090. The Morgan fingerprint density at radius 3 is 2.12 bits per heavy atom. The number of sulfonamides is 1. The Balaban J connectivity index is 1.94. The first kappa shape index (κ1) is 24.6. The molecule has 0 unspecified atom stereocenters. The van der Waals surface area contributed by atoms with Gasteiger partial charge in [0.15, 0.2) is 0 Å². The monoisotopic (exact) mass is 481 g/mol. The molecule has 0 atom stereocenters. The van der Waals surface area contributed by atoms with Gasteiger partial charge in [-0.3, -0.25) is 14.8 Å². The van der Waals surface area contributed by atoms with Crippen LogP contribution in [0.15, 0.2) is 53.4 Å². The van der Waals surface area contributed by atoms with E-state index in [-0.39, 0.29) is 17.7 Å². The highest BCUT2D eigenvalue weighted by molar-refractivity contribution is 7.89. The van der Waals surface area contributed by atoms with Crippen LogP contribution in [0.1, 0.15) is 19.3 Å². The van der Waals surface area contributed by atoms with E-state index in [4.69, 9.17) is 9.84 Å². The minimum absolute atomic E-state index is 0.0456. The molecule has 0 radical (unpaired) electrons. The lowest BCUT2D eigenvalue weighted by Crippen LogP contribution is -2.64. The minimum atomic E-state index is -4.34. The summed E-state index contributed by atoms with van der Waals surface area (Å²) in [5, 5.41) is 21.5. The summed E-state index contributed by atoms with van der Waals surface area (Å²) in [4.78, 5) is 23.7. The Morgan fingerprint density at radius 1 is 1.06 bits per heavy atom. The first-order valence-electron chi connectivity index (χ1n) is 10.1. The molecule has 0 spiro atoms. The highest BCUT2D eigenvalue weighted by atomic mass is 32.2. The quantitative estimate of drug-likeness (QED) is 0.313. The van der Waals surface area contributed by atoms with E-state index in [1.54, 1.807) is 5.48 Å². The molecule has 0 aromatic heterocycles. The number of amides is 1. The number of ether oxygens (including phenoxy) is 1. The van der Waals surface area contributed by atoms with Crippen LogP contribution in [0, 0.1) is 5.82 Å². The number of carboxylic acids is 1. The minimum Gasteiger partial charge on any atom is -0.481 e. The maximum atomic E-state index is 13.5. The molecule has 4 N–H and O–H groups in total. The number of halogens is 1. The molecule has 12 heteroatoms. The van der Waals surface area contributed by atoms with Crippen molar-refractivity contribution in [1.29, 1.82) is 0 Å². The summed E-state index contributed by atoms with van der Waals surface area (Å²) < 4.78 is 46.6. The van der Waals surface area contributed by atoms with Crippen molar-refractivity contribution < 1.29 is 37.4 Å². The van der Waals surface area contributed by atoms with Gasteiger partial charge < -0.3 is 15.2 Å². The number of rotatable bonds is 9. The standard InChI is InChI=1S/C21H24FN3O7S/c22-15-1-3-16(4-2-15)32-17-5-7-18(8-6-17)33(30,31)25(14-9-19(26)27)21(20(28)24-29)10-12-23-13-11-21/h1-8,23,29H,9-14H2,(H,24,28)(H,26,27). The zero-order valence-corrected chi connectivity index (χ0v) is 18.3. The van der Waals surface area contributed by atoms with E-state index < -0.39 is 46.2 Å². The van der Waals surface area contributed by atoms with Crippen molar-refractivity contribution in [3.8, 4) is 11.5 Å². The van der Waals surface area contributed by atoms with Gasteiger partial charge in [0.2, 0.25) is 10.0 Å². The van der Waals surface area contributed by atoms with Crippen LogP contribution < -0.4 is 15.5 Å². The average molecular weight is 482 g/mol. The van der Waals surface area contributed by atoms with Crippen LogP contribution in [0.2, 0.25) is 0 Å². The van der Waals surface area contributed by atoms with Gasteiger partial charge in [-0.1, -0.05) is 0 Å². The number of carbonyl (C=O) groups excluding carboxylic acids is 1. The van der Waals surface area contributed by atoms with E-state index in [2.05, 4.69) is 5.32 Å². The SMILES string of the molecule is O=C(O)CCN(C1(C(=O)NO)CCNCC1)S(=O)(=O)c1ccc(Oc2ccc(F)cc2)cc1. The van der Waals surface area contributed by atoms with Gasteiger partial charge in [0.1, 0.15) is 22.9 Å². The van der Waals surface area contributed by atoms with Crippen LogP contribution in [0.5, 0.6) is 11.5 Å². The maximum Gasteiger partial charge on any atom is 0.304 e. The number of carboxylic acid groups (broad SMARTS) is 1. The fraction of sp³-hybridized carbons (Fsp3) is 0.333. The molecular weight excluding hydrogens is 457 g/mol. The number of hydrogen-bond acceptors (Lipinski definition) is 7. The van der Waals surface area contributed by atoms with Gasteiger partial charge in [0.25, 0.3) is 5.91 Å². The summed E-state index contributed by atoms with van der Waals surface area (Å²) in [6, 6.07) is 10.6. The molecule has 3 rings (SSSR count). The molecule has 1 fully saturated rings. The molecule has 0 saturated carbocycles. The highest BCUT2D eigenvalue weighted by Crippen LogP contribution is 2.33. The summed E-state index contributed by atoms with van der Waals surface area (Å²) in [6.07, 6.45) is -0.438. The van der Waals surface area contributed by atoms with Crippen molar-refractivity contribution in [3.63, 3.8) is 0 Å². The molecule has 1 amide bonds. The lowest BCUT2D eigenvalue weighted by atomic mass is 9.87. The molecule has 1 aliphatic rings. The van der Waals surface area contributed by atoms with Crippen molar-refractivity contribution in [3.05, 3.63) is 54.3 Å². The summed E-state index contributed by atoms with van der Waals surface area (Å²) in [7, 11) is -4.34. The van der Waals surface area contributed by atoms with E-state index in [9.17, 15) is 27.6 Å². The zero-order valence-electron chi connectivity index (χ0n) is 17.5. The van der Waals surface area contributed by atoms with Gasteiger partial charge in [-0.2, -0.15) is 4.31 Å². The topological polar surface area (TPSA) is 145 Å². The molecule has 178 valence electrons. The predicted molar refractivity (Wildman–Crippen MR) is 114 cm³/mol. The van der Waals surface area contributed by atoms with Crippen molar-refractivity contribution in [2.45, 2.75) is 29.7 Å². The second-order valence-electron chi connectivity index (χ2n) is 7.47. The molecule has 33 heavy (non-hydrogen) atoms. The fourth-order valence-electron chi connectivity index (χ4n) is 3.74. The molecular formula is C21H24FN3O7S. The third kappa shape index (κ3) is 5.47. The van der Waals surface area contributed by atoms with E-state index >= 15 is 0 Å². The first-order valence-corrected chi connectivity index (χ1v) is 11.6. The summed E-state index contributed by atoms with van der Waals surface area (Å²) in [6.45, 7) is 0.146. The van der Waals surface area contributed by atoms with Crippen LogP contribution in [0.25, 0.3) is 0 Å². The third-order valence-corrected chi connectivity index (χ3v) is 7.40. The van der Waals surface area contributed by atoms with Gasteiger partial charge in [-0.25, -0.2) is 18.3 Å². The number of nitrogens with zero attached hydrogens (tertiary/aromatic N) is 1. The van der Waals surface area contributed by atoms with Crippen LogP contribution in [0.3, 0.4) is 0 Å². The Morgan fingerprint density at radius 2 is 1.61 bits per heavy atom. The predicted octanol–water partition coefficient (Wildman–Crippen LogP) is 1.71. The number of aliphatic carboxylic acids is 1. The fourth-order valence-corrected chi connectivity index (χ4v) is 5.53. The molecule has 0 bridgehead atoms. The van der Waals surface area contributed by atoms with Crippen molar-refractivity contribution in [1.82, 2.24) is 15.1 Å². The Kier molecular flexibility index (Phi) is 7.64. The number of piperidine rings is 1. The number of carbonyl (C=O) groups is 2. The summed E-state index contributed by atoms with van der Waals surface area (Å²) >= 11 is 0. The number of hydroxylamine groups is 1. The summed E-state index contributed by atoms with van der Waals surface area (Å²) in [5.41, 5.74) is -0.115. The van der Waals surface area contributed by atoms with Gasteiger partial charge in [-0.15, -0.1) is 0 Å². The zero-order chi connectivity index (χ0) is 24.1. The van der Waals surface area contributed by atoms with Crippen LogP contribution >= 0.6 is 0 Å². The normalized spacial score (nSPS) is 15.7. The first-order chi connectivity index (χ1) is 15.7. The number of nitrogens with one attached hydrogen (secondary N) is 2. The van der Waals surface area contributed by atoms with Crippen LogP contribution in [0.4, 0.5) is 4.39 Å². The molecule has 10 nitrogen and oxygen atoms in total. The molecule has 1 saturated heterocycles. The molecule has 0 aliphatic carbocycles. The van der Waals surface area contributed by atoms with Crippen LogP contribution in [-0.2, 0) is 19.6 Å². The van der Waals surface area contributed by atoms with Crippen molar-refractivity contribution in [2.24, 2.45) is 0 Å². The van der Waals surface area contributed by atoms with E-state index in [0.717, 1.165) is 4.31 Å². The van der Waals surface area contributed by atoms with Gasteiger partial charge in [0, 0.05) is 6.54 Å². The van der Waals surface area contributed by atoms with Gasteiger partial charge >= 0.3 is 5.97 Å². The molecule has 2 aromatic carbocycles.